The standard InChI is InChI=1S/C37H51N3O6/c1-2-8-35(38-23-32(42)29-13-15-31(41)36-30(29)14-16-34(43)39-36)45-22-21-40-19-17-26(18-20-40)33(24-40)46-25-37(44,28-11-6-7-12-28)27-9-4-3-5-10-27/h3-5,9-10,13-16,26,28,32-33,35,38,42,44H,2,6-8,11-12,17-25H2,1H3,(H-,39,41,43)/p+1/t26?,32-,33-,35?,37+,40?/m0/s1. The zero-order valence-electron chi connectivity index (χ0n) is 27.2. The van der Waals surface area contributed by atoms with Gasteiger partial charge in [0, 0.05) is 36.8 Å². The Morgan fingerprint density at radius 2 is 1.80 bits per heavy atom. The van der Waals surface area contributed by atoms with Crippen molar-refractivity contribution in [2.75, 3.05) is 45.9 Å². The van der Waals surface area contributed by atoms with Crippen LogP contribution < -0.4 is 10.9 Å². The molecule has 9 nitrogen and oxygen atoms in total. The van der Waals surface area contributed by atoms with E-state index >= 15 is 0 Å². The van der Waals surface area contributed by atoms with Crippen LogP contribution in [-0.2, 0) is 15.1 Å². The molecule has 2 aromatic carbocycles. The van der Waals surface area contributed by atoms with Crippen molar-refractivity contribution in [2.24, 2.45) is 11.8 Å². The number of phenolic OH excluding ortho intramolecular Hbond substituents is 1. The topological polar surface area (TPSA) is 124 Å². The number of piperidine rings is 3. The predicted molar refractivity (Wildman–Crippen MR) is 178 cm³/mol. The van der Waals surface area contributed by atoms with E-state index in [1.165, 1.54) is 25.0 Å². The van der Waals surface area contributed by atoms with Crippen molar-refractivity contribution in [1.29, 1.82) is 0 Å². The number of nitrogens with one attached hydrogen (secondary N) is 2. The molecule has 2 bridgehead atoms. The van der Waals surface area contributed by atoms with Gasteiger partial charge in [-0.3, -0.25) is 10.1 Å². The number of nitrogens with zero attached hydrogens (tertiary/aromatic N) is 1. The summed E-state index contributed by atoms with van der Waals surface area (Å²) in [5.74, 6) is 0.770. The first-order valence-corrected chi connectivity index (χ1v) is 17.4. The van der Waals surface area contributed by atoms with Crippen LogP contribution >= 0.6 is 0 Å². The number of fused-ring (bicyclic) bond motifs is 4. The molecule has 1 aliphatic carbocycles. The fourth-order valence-electron chi connectivity index (χ4n) is 8.32. The Kier molecular flexibility index (Phi) is 10.5. The number of benzene rings is 2. The first-order chi connectivity index (χ1) is 22.3. The smallest absolute Gasteiger partial charge is 0.248 e. The fraction of sp³-hybridized carbons (Fsp3) is 0.595. The molecule has 1 unspecified atom stereocenters. The minimum absolute atomic E-state index is 0.0219. The van der Waals surface area contributed by atoms with Gasteiger partial charge in [-0.1, -0.05) is 62.6 Å². The SMILES string of the molecule is CCCC(NC[C@H](O)c1ccc(O)c2[nH]c(=O)ccc12)OCC[N+]12CCC(CC1)[C@@H](OC[C@@](O)(c1ccccc1)C1CCCC1)C2. The molecule has 0 spiro atoms. The highest BCUT2D eigenvalue weighted by atomic mass is 16.5. The number of H-pyrrole nitrogens is 1. The number of phenols is 1. The second-order valence-electron chi connectivity index (χ2n) is 14.0. The van der Waals surface area contributed by atoms with Gasteiger partial charge in [-0.25, -0.2) is 0 Å². The molecule has 1 saturated carbocycles. The first kappa shape index (κ1) is 33.1. The minimum Gasteiger partial charge on any atom is -0.506 e. The van der Waals surface area contributed by atoms with Crippen LogP contribution in [0.3, 0.4) is 0 Å². The van der Waals surface area contributed by atoms with Crippen molar-refractivity contribution in [3.63, 3.8) is 0 Å². The predicted octanol–water partition coefficient (Wildman–Crippen LogP) is 4.70. The van der Waals surface area contributed by atoms with Crippen LogP contribution in [0.25, 0.3) is 10.9 Å². The number of aromatic hydroxyl groups is 1. The van der Waals surface area contributed by atoms with E-state index in [9.17, 15) is 20.1 Å². The number of hydrogen-bond acceptors (Lipinski definition) is 7. The maximum absolute atomic E-state index is 12.0. The van der Waals surface area contributed by atoms with Gasteiger partial charge in [-0.2, -0.15) is 0 Å². The zero-order chi connectivity index (χ0) is 32.1. The molecule has 5 N–H and O–H groups in total. The molecule has 9 heteroatoms. The van der Waals surface area contributed by atoms with E-state index in [0.29, 0.717) is 35.6 Å². The molecule has 7 rings (SSSR count). The van der Waals surface area contributed by atoms with E-state index in [-0.39, 0.29) is 36.1 Å². The van der Waals surface area contributed by atoms with Crippen LogP contribution in [0.5, 0.6) is 5.75 Å². The molecule has 0 amide bonds. The van der Waals surface area contributed by atoms with Crippen LogP contribution in [0.2, 0.25) is 0 Å². The van der Waals surface area contributed by atoms with Gasteiger partial charge < -0.3 is 34.3 Å². The number of aliphatic hydroxyl groups is 2. The van der Waals surface area contributed by atoms with Crippen LogP contribution in [0.15, 0.2) is 59.4 Å². The van der Waals surface area contributed by atoms with Crippen molar-refractivity contribution in [2.45, 2.75) is 82.3 Å². The summed E-state index contributed by atoms with van der Waals surface area (Å²) >= 11 is 0. The maximum atomic E-state index is 12.0. The van der Waals surface area contributed by atoms with E-state index in [2.05, 4.69) is 29.4 Å². The first-order valence-electron chi connectivity index (χ1n) is 17.4. The summed E-state index contributed by atoms with van der Waals surface area (Å²) < 4.78 is 14.1. The van der Waals surface area contributed by atoms with Gasteiger partial charge in [-0.05, 0) is 48.4 Å². The lowest BCUT2D eigenvalue weighted by atomic mass is 9.80. The second kappa shape index (κ2) is 14.5. The summed E-state index contributed by atoms with van der Waals surface area (Å²) in [6.07, 6.45) is 7.63. The van der Waals surface area contributed by atoms with E-state index in [1.807, 2.05) is 18.2 Å². The van der Waals surface area contributed by atoms with Crippen LogP contribution in [-0.4, -0.2) is 83.1 Å². The molecule has 4 aliphatic rings. The molecule has 0 radical (unpaired) electrons. The van der Waals surface area contributed by atoms with E-state index < -0.39 is 11.7 Å². The quantitative estimate of drug-likeness (QED) is 0.121. The number of quaternary nitrogens is 1. The number of hydrogen-bond donors (Lipinski definition) is 5. The van der Waals surface area contributed by atoms with Crippen molar-refractivity contribution in [3.8, 4) is 5.75 Å². The molecule has 4 heterocycles. The van der Waals surface area contributed by atoms with Crippen LogP contribution in [0, 0.1) is 11.8 Å². The Morgan fingerprint density at radius 3 is 2.54 bits per heavy atom. The lowest BCUT2D eigenvalue weighted by Crippen LogP contribution is -2.65. The third-order valence-electron chi connectivity index (χ3n) is 11.1. The van der Waals surface area contributed by atoms with Gasteiger partial charge >= 0.3 is 0 Å². The number of aliphatic hydroxyl groups excluding tert-OH is 1. The largest absolute Gasteiger partial charge is 0.506 e. The van der Waals surface area contributed by atoms with Crippen LogP contribution in [0.4, 0.5) is 0 Å². The number of aromatic amines is 1. The number of aromatic nitrogens is 1. The van der Waals surface area contributed by atoms with E-state index in [4.69, 9.17) is 9.47 Å². The highest BCUT2D eigenvalue weighted by Crippen LogP contribution is 2.42. The Labute approximate surface area is 272 Å². The molecule has 4 fully saturated rings. The highest BCUT2D eigenvalue weighted by Gasteiger charge is 2.48. The summed E-state index contributed by atoms with van der Waals surface area (Å²) in [5.41, 5.74) is 0.706. The third-order valence-corrected chi connectivity index (χ3v) is 11.1. The molecule has 46 heavy (non-hydrogen) atoms. The van der Waals surface area contributed by atoms with Crippen LogP contribution in [0.1, 0.15) is 75.5 Å². The fourth-order valence-corrected chi connectivity index (χ4v) is 8.32. The molecule has 3 aliphatic heterocycles. The molecule has 1 aromatic heterocycles. The number of ether oxygens (including phenoxy) is 2. The molecule has 4 atom stereocenters. The summed E-state index contributed by atoms with van der Waals surface area (Å²) in [4.78, 5) is 14.4. The molecular formula is C37H52N3O6+. The Balaban J connectivity index is 1.04. The van der Waals surface area contributed by atoms with Crippen molar-refractivity contribution in [1.82, 2.24) is 10.3 Å². The monoisotopic (exact) mass is 634 g/mol. The summed E-state index contributed by atoms with van der Waals surface area (Å²) in [6, 6.07) is 16.4. The van der Waals surface area contributed by atoms with E-state index in [0.717, 1.165) is 74.8 Å². The Bertz CT molecular complexity index is 1480. The summed E-state index contributed by atoms with van der Waals surface area (Å²) in [7, 11) is 0. The van der Waals surface area contributed by atoms with Crippen molar-refractivity contribution >= 4 is 10.9 Å². The third kappa shape index (κ3) is 7.20. The second-order valence-corrected chi connectivity index (χ2v) is 14.0. The highest BCUT2D eigenvalue weighted by molar-refractivity contribution is 5.87. The Morgan fingerprint density at radius 1 is 1.04 bits per heavy atom. The molecule has 3 aromatic rings. The average Bonchev–Trinajstić information content (AvgIpc) is 3.63. The average molecular weight is 635 g/mol. The van der Waals surface area contributed by atoms with Gasteiger partial charge in [0.1, 0.15) is 36.8 Å². The zero-order valence-corrected chi connectivity index (χ0v) is 27.2. The Hall–Kier alpha value is -2.79. The van der Waals surface area contributed by atoms with Crippen molar-refractivity contribution in [3.05, 3.63) is 76.1 Å². The van der Waals surface area contributed by atoms with Crippen molar-refractivity contribution < 1.29 is 29.3 Å². The summed E-state index contributed by atoms with van der Waals surface area (Å²) in [6.45, 7) is 7.54. The lowest BCUT2D eigenvalue weighted by Gasteiger charge is -2.53. The van der Waals surface area contributed by atoms with Gasteiger partial charge in [0.15, 0.2) is 0 Å². The van der Waals surface area contributed by atoms with Gasteiger partial charge in [0.25, 0.3) is 0 Å². The van der Waals surface area contributed by atoms with Gasteiger partial charge in [0.2, 0.25) is 5.56 Å². The maximum Gasteiger partial charge on any atom is 0.248 e. The molecule has 250 valence electrons. The molecular weight excluding hydrogens is 582 g/mol. The number of pyridine rings is 1. The van der Waals surface area contributed by atoms with Gasteiger partial charge in [-0.15, -0.1) is 0 Å². The summed E-state index contributed by atoms with van der Waals surface area (Å²) in [5, 5.41) is 37.3. The number of rotatable bonds is 15. The van der Waals surface area contributed by atoms with E-state index in [1.54, 1.807) is 12.1 Å². The minimum atomic E-state index is -0.939. The van der Waals surface area contributed by atoms with Gasteiger partial charge in [0.05, 0.1) is 37.9 Å². The normalized spacial score (nSPS) is 25.9. The lowest BCUT2D eigenvalue weighted by molar-refractivity contribution is -0.946. The molecule has 3 saturated heterocycles.